The van der Waals surface area contributed by atoms with E-state index in [0.717, 1.165) is 18.3 Å². The molecule has 4 N–H and O–H groups in total. The van der Waals surface area contributed by atoms with Crippen LogP contribution in [-0.2, 0) is 28.5 Å². The first-order chi connectivity index (χ1) is 18.9. The minimum atomic E-state index is -1.30. The van der Waals surface area contributed by atoms with Crippen molar-refractivity contribution in [2.24, 2.45) is 28.6 Å². The van der Waals surface area contributed by atoms with Crippen molar-refractivity contribution in [1.82, 2.24) is 0 Å². The van der Waals surface area contributed by atoms with Gasteiger partial charge in [0.2, 0.25) is 0 Å². The number of esters is 1. The Labute approximate surface area is 235 Å². The lowest BCUT2D eigenvalue weighted by molar-refractivity contribution is -0.319. The van der Waals surface area contributed by atoms with Crippen LogP contribution in [0, 0.1) is 28.6 Å². The second-order valence-electron chi connectivity index (χ2n) is 13.6. The highest BCUT2D eigenvalue weighted by Crippen LogP contribution is 2.70. The number of aldehydes is 1. The first-order valence-corrected chi connectivity index (χ1v) is 14.9. The molecule has 10 heteroatoms. The molecule has 9 unspecified atom stereocenters. The molecule has 0 bridgehead atoms. The van der Waals surface area contributed by atoms with Crippen molar-refractivity contribution in [3.8, 4) is 0 Å². The number of methoxy groups -OCH3 is 1. The molecule has 10 nitrogen and oxygen atoms in total. The van der Waals surface area contributed by atoms with Gasteiger partial charge < -0.3 is 44.2 Å². The summed E-state index contributed by atoms with van der Waals surface area (Å²) in [5.41, 5.74) is -2.77. The lowest BCUT2D eigenvalue weighted by Crippen LogP contribution is -2.69. The standard InChI is InChI=1S/C30H44O10/c1-16-23(33)25(37-3)24(34)26(39-16)40-18-4-9-28(15-31)20-5-8-27(2)19(17-12-22(32)38-14-17)7-11-30(27,36)21(20)6-10-29(28,35)13-18/h12,15-16,18-21,23-26,33-36H,4-11,13-14H2,1-3H3/t16-,18?,19?,20?,21?,23+,24-,25-,26?,27?,28?,29?,30?/m1/s1. The van der Waals surface area contributed by atoms with Gasteiger partial charge in [0.1, 0.15) is 31.2 Å². The Balaban J connectivity index is 1.22. The first kappa shape index (κ1) is 28.7. The highest BCUT2D eigenvalue weighted by Gasteiger charge is 2.71. The summed E-state index contributed by atoms with van der Waals surface area (Å²) in [6, 6.07) is 0. The predicted octanol–water partition coefficient (Wildman–Crippen LogP) is 1.40. The molecule has 0 aromatic heterocycles. The van der Waals surface area contributed by atoms with Crippen molar-refractivity contribution in [2.45, 2.75) is 120 Å². The molecule has 0 aromatic rings. The van der Waals surface area contributed by atoms with E-state index in [1.165, 1.54) is 7.11 Å². The van der Waals surface area contributed by atoms with Crippen molar-refractivity contribution in [3.05, 3.63) is 11.6 Å². The Hall–Kier alpha value is -1.40. The largest absolute Gasteiger partial charge is 0.458 e. The average Bonchev–Trinajstić information content (AvgIpc) is 3.46. The molecule has 1 saturated heterocycles. The molecule has 0 aromatic carbocycles. The van der Waals surface area contributed by atoms with Gasteiger partial charge in [0.15, 0.2) is 6.29 Å². The SMILES string of the molecule is CO[C@@H]1[C@@H](O)[C@@H](C)OC(OC2CCC3(C=O)C4CCC5(C)C(C6=CC(=O)OC6)CCC5(O)C4CCC3(O)C2)[C@@H]1O. The molecule has 6 aliphatic rings. The van der Waals surface area contributed by atoms with Crippen molar-refractivity contribution >= 4 is 12.3 Å². The van der Waals surface area contributed by atoms with Crippen LogP contribution < -0.4 is 0 Å². The normalized spacial score (nSPS) is 54.1. The molecule has 0 spiro atoms. The van der Waals surface area contributed by atoms with Crippen molar-refractivity contribution in [3.63, 3.8) is 0 Å². The van der Waals surface area contributed by atoms with Gasteiger partial charge in [-0.25, -0.2) is 4.79 Å². The summed E-state index contributed by atoms with van der Waals surface area (Å²) in [5.74, 6) is -0.563. The maximum absolute atomic E-state index is 13.0. The third-order valence-electron chi connectivity index (χ3n) is 12.2. The first-order valence-electron chi connectivity index (χ1n) is 14.9. The molecule has 0 amide bonds. The predicted molar refractivity (Wildman–Crippen MR) is 140 cm³/mol. The zero-order chi connectivity index (χ0) is 28.7. The average molecular weight is 565 g/mol. The quantitative estimate of drug-likeness (QED) is 0.219. The van der Waals surface area contributed by atoms with E-state index in [1.807, 2.05) is 0 Å². The van der Waals surface area contributed by atoms with E-state index in [-0.39, 0.29) is 36.8 Å². The second-order valence-corrected chi connectivity index (χ2v) is 13.6. The summed E-state index contributed by atoms with van der Waals surface area (Å²) < 4.78 is 22.4. The van der Waals surface area contributed by atoms with E-state index in [0.29, 0.717) is 44.9 Å². The Morgan fingerprint density at radius 2 is 1.77 bits per heavy atom. The number of aliphatic hydroxyl groups excluding tert-OH is 2. The molecule has 4 saturated carbocycles. The molecular formula is C30H44O10. The monoisotopic (exact) mass is 564 g/mol. The number of aliphatic hydroxyl groups is 4. The van der Waals surface area contributed by atoms with Gasteiger partial charge in [0.25, 0.3) is 0 Å². The third-order valence-corrected chi connectivity index (χ3v) is 12.2. The zero-order valence-electron chi connectivity index (χ0n) is 23.7. The lowest BCUT2D eigenvalue weighted by Gasteiger charge is -2.65. The van der Waals surface area contributed by atoms with Crippen molar-refractivity contribution < 1.29 is 49.0 Å². The fourth-order valence-electron chi connectivity index (χ4n) is 10.0. The molecule has 2 aliphatic heterocycles. The highest BCUT2D eigenvalue weighted by atomic mass is 16.7. The van der Waals surface area contributed by atoms with E-state index in [9.17, 15) is 30.0 Å². The van der Waals surface area contributed by atoms with Crippen LogP contribution >= 0.6 is 0 Å². The van der Waals surface area contributed by atoms with Crippen LogP contribution in [0.15, 0.2) is 11.6 Å². The van der Waals surface area contributed by atoms with Crippen LogP contribution in [0.5, 0.6) is 0 Å². The van der Waals surface area contributed by atoms with Crippen LogP contribution in [-0.4, -0.2) is 94.4 Å². The molecular weight excluding hydrogens is 520 g/mol. The zero-order valence-corrected chi connectivity index (χ0v) is 23.7. The molecule has 40 heavy (non-hydrogen) atoms. The Kier molecular flexibility index (Phi) is 7.05. The molecule has 2 heterocycles. The van der Waals surface area contributed by atoms with Crippen molar-refractivity contribution in [2.75, 3.05) is 13.7 Å². The number of carbonyl (C=O) groups excluding carboxylic acids is 2. The number of cyclic esters (lactones) is 1. The maximum atomic E-state index is 13.0. The molecule has 0 radical (unpaired) electrons. The van der Waals surface area contributed by atoms with Crippen LogP contribution in [0.25, 0.3) is 0 Å². The van der Waals surface area contributed by atoms with Crippen LogP contribution in [0.1, 0.15) is 71.6 Å². The van der Waals surface area contributed by atoms with E-state index in [1.54, 1.807) is 13.0 Å². The number of fused-ring (bicyclic) bond motifs is 5. The number of ether oxygens (including phenoxy) is 4. The van der Waals surface area contributed by atoms with E-state index < -0.39 is 58.8 Å². The Morgan fingerprint density at radius 3 is 2.45 bits per heavy atom. The van der Waals surface area contributed by atoms with Gasteiger partial charge in [-0.1, -0.05) is 6.92 Å². The molecule has 13 atom stereocenters. The maximum Gasteiger partial charge on any atom is 0.331 e. The van der Waals surface area contributed by atoms with E-state index in [2.05, 4.69) is 6.92 Å². The molecule has 6 rings (SSSR count). The van der Waals surface area contributed by atoms with Gasteiger partial charge in [-0.3, -0.25) is 0 Å². The molecule has 4 aliphatic carbocycles. The summed E-state index contributed by atoms with van der Waals surface area (Å²) in [6.45, 7) is 4.10. The Bertz CT molecular complexity index is 1060. The fraction of sp³-hybridized carbons (Fsp3) is 0.867. The lowest BCUT2D eigenvalue weighted by atomic mass is 9.41. The summed E-state index contributed by atoms with van der Waals surface area (Å²) in [5, 5.41) is 45.6. The number of carbonyl (C=O) groups is 2. The van der Waals surface area contributed by atoms with Crippen LogP contribution in [0.4, 0.5) is 0 Å². The van der Waals surface area contributed by atoms with Gasteiger partial charge in [0, 0.05) is 25.0 Å². The van der Waals surface area contributed by atoms with E-state index >= 15 is 0 Å². The van der Waals surface area contributed by atoms with Gasteiger partial charge in [0.05, 0.1) is 28.8 Å². The molecule has 5 fully saturated rings. The number of rotatable bonds is 5. The van der Waals surface area contributed by atoms with E-state index in [4.69, 9.17) is 18.9 Å². The third kappa shape index (κ3) is 3.86. The second kappa shape index (κ2) is 9.82. The van der Waals surface area contributed by atoms with Gasteiger partial charge in [-0.15, -0.1) is 0 Å². The Morgan fingerprint density at radius 1 is 1.02 bits per heavy atom. The fourth-order valence-corrected chi connectivity index (χ4v) is 10.0. The number of hydrogen-bond donors (Lipinski definition) is 4. The minimum Gasteiger partial charge on any atom is -0.458 e. The number of hydrogen-bond acceptors (Lipinski definition) is 10. The molecule has 224 valence electrons. The topological polar surface area (TPSA) is 152 Å². The highest BCUT2D eigenvalue weighted by molar-refractivity contribution is 5.85. The summed E-state index contributed by atoms with van der Waals surface area (Å²) in [6.07, 6.45) is 2.28. The minimum absolute atomic E-state index is 0.0563. The van der Waals surface area contributed by atoms with Crippen LogP contribution in [0.2, 0.25) is 0 Å². The van der Waals surface area contributed by atoms with Crippen LogP contribution in [0.3, 0.4) is 0 Å². The smallest absolute Gasteiger partial charge is 0.331 e. The van der Waals surface area contributed by atoms with Gasteiger partial charge in [-0.05, 0) is 81.6 Å². The summed E-state index contributed by atoms with van der Waals surface area (Å²) >= 11 is 0. The van der Waals surface area contributed by atoms with Gasteiger partial charge in [-0.2, -0.15) is 0 Å². The summed E-state index contributed by atoms with van der Waals surface area (Å²) in [7, 11) is 1.42. The summed E-state index contributed by atoms with van der Waals surface area (Å²) in [4.78, 5) is 24.8. The van der Waals surface area contributed by atoms with Gasteiger partial charge >= 0.3 is 5.97 Å². The van der Waals surface area contributed by atoms with Crippen molar-refractivity contribution in [1.29, 1.82) is 0 Å².